The normalized spacial score (nSPS) is 15.1. The largest absolute Gasteiger partial charge is 0.483 e. The monoisotopic (exact) mass is 439 g/mol. The Bertz CT molecular complexity index is 1180. The van der Waals surface area contributed by atoms with Gasteiger partial charge in [-0.1, -0.05) is 48.5 Å². The molecular weight excluding hydrogens is 414 g/mol. The van der Waals surface area contributed by atoms with Crippen molar-refractivity contribution in [3.05, 3.63) is 66.7 Å². The van der Waals surface area contributed by atoms with Crippen LogP contribution in [-0.2, 0) is 14.8 Å². The van der Waals surface area contributed by atoms with Crippen LogP contribution in [0.2, 0.25) is 0 Å². The molecule has 8 heteroatoms. The predicted molar refractivity (Wildman–Crippen MR) is 123 cm³/mol. The Kier molecular flexibility index (Phi) is 6.11. The molecule has 0 radical (unpaired) electrons. The Morgan fingerprint density at radius 1 is 0.935 bits per heavy atom. The number of fused-ring (bicyclic) bond motifs is 1. The summed E-state index contributed by atoms with van der Waals surface area (Å²) in [5, 5.41) is 4.94. The third-order valence-corrected chi connectivity index (χ3v) is 6.64. The zero-order chi connectivity index (χ0) is 21.8. The molecule has 1 aliphatic rings. The number of benzene rings is 3. The number of amides is 1. The zero-order valence-electron chi connectivity index (χ0n) is 17.3. The van der Waals surface area contributed by atoms with Crippen LogP contribution >= 0.6 is 0 Å². The number of anilines is 2. The van der Waals surface area contributed by atoms with Crippen molar-refractivity contribution in [2.24, 2.45) is 0 Å². The molecule has 0 bridgehead atoms. The van der Waals surface area contributed by atoms with Gasteiger partial charge in [0.1, 0.15) is 5.75 Å². The van der Waals surface area contributed by atoms with Crippen LogP contribution in [0.25, 0.3) is 10.8 Å². The van der Waals surface area contributed by atoms with Gasteiger partial charge in [-0.2, -0.15) is 4.31 Å². The maximum absolute atomic E-state index is 12.6. The fourth-order valence-corrected chi connectivity index (χ4v) is 4.59. The zero-order valence-corrected chi connectivity index (χ0v) is 18.1. The van der Waals surface area contributed by atoms with Crippen molar-refractivity contribution >= 4 is 38.1 Å². The van der Waals surface area contributed by atoms with Gasteiger partial charge < -0.3 is 15.0 Å². The number of sulfonamides is 1. The van der Waals surface area contributed by atoms with Gasteiger partial charge in [-0.3, -0.25) is 4.79 Å². The lowest BCUT2D eigenvalue weighted by Crippen LogP contribution is -2.48. The van der Waals surface area contributed by atoms with E-state index in [9.17, 15) is 13.2 Å². The maximum Gasteiger partial charge on any atom is 0.262 e. The average Bonchev–Trinajstić information content (AvgIpc) is 2.77. The molecule has 31 heavy (non-hydrogen) atoms. The lowest BCUT2D eigenvalue weighted by molar-refractivity contribution is -0.118. The lowest BCUT2D eigenvalue weighted by Gasteiger charge is -2.35. The number of para-hydroxylation sites is 2. The molecule has 3 aromatic rings. The van der Waals surface area contributed by atoms with Gasteiger partial charge in [0.2, 0.25) is 10.0 Å². The van der Waals surface area contributed by atoms with E-state index in [2.05, 4.69) is 10.2 Å². The van der Waals surface area contributed by atoms with Crippen LogP contribution in [0.3, 0.4) is 0 Å². The number of hydrogen-bond donors (Lipinski definition) is 1. The molecule has 1 aliphatic heterocycles. The van der Waals surface area contributed by atoms with E-state index >= 15 is 0 Å². The van der Waals surface area contributed by atoms with E-state index in [1.54, 1.807) is 0 Å². The van der Waals surface area contributed by atoms with E-state index in [-0.39, 0.29) is 12.5 Å². The number of ether oxygens (including phenoxy) is 1. The minimum absolute atomic E-state index is 0.107. The highest BCUT2D eigenvalue weighted by Gasteiger charge is 2.24. The molecule has 3 aromatic carbocycles. The van der Waals surface area contributed by atoms with Gasteiger partial charge in [-0.05, 0) is 23.6 Å². The molecule has 0 unspecified atom stereocenters. The number of carbonyl (C=O) groups excluding carboxylic acids is 1. The molecule has 0 aliphatic carbocycles. The third kappa shape index (κ3) is 4.98. The van der Waals surface area contributed by atoms with Crippen LogP contribution < -0.4 is 15.0 Å². The molecule has 1 heterocycles. The van der Waals surface area contributed by atoms with E-state index in [1.807, 2.05) is 66.7 Å². The van der Waals surface area contributed by atoms with Crippen molar-refractivity contribution in [1.82, 2.24) is 4.31 Å². The molecule has 0 saturated carbocycles. The summed E-state index contributed by atoms with van der Waals surface area (Å²) >= 11 is 0. The van der Waals surface area contributed by atoms with Gasteiger partial charge >= 0.3 is 0 Å². The quantitative estimate of drug-likeness (QED) is 0.639. The molecule has 4 rings (SSSR count). The number of rotatable bonds is 6. The summed E-state index contributed by atoms with van der Waals surface area (Å²) in [6.07, 6.45) is 1.23. The molecule has 0 atom stereocenters. The molecule has 1 amide bonds. The minimum atomic E-state index is -3.19. The number of nitrogens with one attached hydrogen (secondary N) is 1. The summed E-state index contributed by atoms with van der Waals surface area (Å²) in [7, 11) is -3.19. The Hall–Kier alpha value is -3.10. The van der Waals surface area contributed by atoms with Gasteiger partial charge in [0.25, 0.3) is 5.91 Å². The highest BCUT2D eigenvalue weighted by atomic mass is 32.2. The van der Waals surface area contributed by atoms with Crippen LogP contribution in [0.4, 0.5) is 11.4 Å². The summed E-state index contributed by atoms with van der Waals surface area (Å²) in [5.41, 5.74) is 1.55. The second-order valence-electron chi connectivity index (χ2n) is 7.48. The third-order valence-electron chi connectivity index (χ3n) is 5.33. The van der Waals surface area contributed by atoms with Gasteiger partial charge in [0.05, 0.1) is 17.6 Å². The standard InChI is InChI=1S/C23H25N3O4S/c1-31(28,29)26-15-13-25(14-16-26)21-11-5-4-10-20(21)24-23(27)17-30-22-12-6-8-18-7-2-3-9-19(18)22/h2-12H,13-17H2,1H3,(H,24,27). The molecule has 0 spiro atoms. The van der Waals surface area contributed by atoms with E-state index in [1.165, 1.54) is 10.6 Å². The van der Waals surface area contributed by atoms with Crippen molar-refractivity contribution in [3.63, 3.8) is 0 Å². The average molecular weight is 440 g/mol. The molecule has 7 nitrogen and oxygen atoms in total. The van der Waals surface area contributed by atoms with Gasteiger partial charge in [-0.25, -0.2) is 8.42 Å². The predicted octanol–water partition coefficient (Wildman–Crippen LogP) is 2.94. The molecule has 1 fully saturated rings. The summed E-state index contributed by atoms with van der Waals surface area (Å²) in [6.45, 7) is 1.86. The summed E-state index contributed by atoms with van der Waals surface area (Å²) in [5.74, 6) is 0.411. The fraction of sp³-hybridized carbons (Fsp3) is 0.261. The maximum atomic E-state index is 12.6. The van der Waals surface area contributed by atoms with Crippen LogP contribution in [0, 0.1) is 0 Å². The highest BCUT2D eigenvalue weighted by molar-refractivity contribution is 7.88. The number of carbonyl (C=O) groups is 1. The molecule has 0 aromatic heterocycles. The minimum Gasteiger partial charge on any atom is -0.483 e. The Morgan fingerprint density at radius 3 is 2.39 bits per heavy atom. The molecule has 162 valence electrons. The Morgan fingerprint density at radius 2 is 1.61 bits per heavy atom. The summed E-state index contributed by atoms with van der Waals surface area (Å²) in [6, 6.07) is 21.2. The van der Waals surface area contributed by atoms with E-state index in [4.69, 9.17) is 4.74 Å². The topological polar surface area (TPSA) is 79.0 Å². The first-order chi connectivity index (χ1) is 14.9. The summed E-state index contributed by atoms with van der Waals surface area (Å²) < 4.78 is 30.8. The van der Waals surface area contributed by atoms with E-state index in [0.29, 0.717) is 37.6 Å². The van der Waals surface area contributed by atoms with Crippen LogP contribution in [0.15, 0.2) is 66.7 Å². The lowest BCUT2D eigenvalue weighted by atomic mass is 10.1. The van der Waals surface area contributed by atoms with Crippen LogP contribution in [0.1, 0.15) is 0 Å². The Labute approximate surface area is 182 Å². The van der Waals surface area contributed by atoms with E-state index in [0.717, 1.165) is 16.5 Å². The summed E-state index contributed by atoms with van der Waals surface area (Å²) in [4.78, 5) is 14.7. The number of hydrogen-bond acceptors (Lipinski definition) is 5. The van der Waals surface area contributed by atoms with Crippen molar-refractivity contribution < 1.29 is 17.9 Å². The molecule has 1 saturated heterocycles. The smallest absolute Gasteiger partial charge is 0.262 e. The van der Waals surface area contributed by atoms with E-state index < -0.39 is 10.0 Å². The second kappa shape index (κ2) is 8.95. The molecule has 1 N–H and O–H groups in total. The van der Waals surface area contributed by atoms with Crippen LogP contribution in [-0.4, -0.2) is 57.7 Å². The van der Waals surface area contributed by atoms with Crippen molar-refractivity contribution in [1.29, 1.82) is 0 Å². The fourth-order valence-electron chi connectivity index (χ4n) is 3.77. The second-order valence-corrected chi connectivity index (χ2v) is 9.46. The van der Waals surface area contributed by atoms with Gasteiger partial charge in [0.15, 0.2) is 6.61 Å². The van der Waals surface area contributed by atoms with Crippen molar-refractivity contribution in [2.45, 2.75) is 0 Å². The van der Waals surface area contributed by atoms with Crippen molar-refractivity contribution in [3.8, 4) is 5.75 Å². The SMILES string of the molecule is CS(=O)(=O)N1CCN(c2ccccc2NC(=O)COc2cccc3ccccc23)CC1. The number of piperazine rings is 1. The first-order valence-electron chi connectivity index (χ1n) is 10.1. The van der Waals surface area contributed by atoms with Crippen LogP contribution in [0.5, 0.6) is 5.75 Å². The van der Waals surface area contributed by atoms with Crippen molar-refractivity contribution in [2.75, 3.05) is 49.3 Å². The highest BCUT2D eigenvalue weighted by Crippen LogP contribution is 2.28. The number of nitrogens with zero attached hydrogens (tertiary/aromatic N) is 2. The molecular formula is C23H25N3O4S. The first kappa shape index (κ1) is 21.1. The van der Waals surface area contributed by atoms with Gasteiger partial charge in [-0.15, -0.1) is 0 Å². The van der Waals surface area contributed by atoms with Gasteiger partial charge in [0, 0.05) is 31.6 Å². The Balaban J connectivity index is 1.41. The first-order valence-corrected chi connectivity index (χ1v) is 12.0.